The van der Waals surface area contributed by atoms with Gasteiger partial charge in [-0.15, -0.1) is 0 Å². The average Bonchev–Trinajstić information content (AvgIpc) is 2.53. The quantitative estimate of drug-likeness (QED) is 0.814. The van der Waals surface area contributed by atoms with Crippen LogP contribution in [-0.2, 0) is 9.59 Å². The first-order chi connectivity index (χ1) is 10.5. The second-order valence-corrected chi connectivity index (χ2v) is 6.93. The predicted molar refractivity (Wildman–Crippen MR) is 85.3 cm³/mol. The molecular formula is C17H30N2O3. The van der Waals surface area contributed by atoms with Gasteiger partial charge in [0.25, 0.3) is 0 Å². The summed E-state index contributed by atoms with van der Waals surface area (Å²) < 4.78 is 0. The molecule has 0 aromatic rings. The summed E-state index contributed by atoms with van der Waals surface area (Å²) in [5.41, 5.74) is -0.813. The van der Waals surface area contributed by atoms with Crippen molar-refractivity contribution in [3.63, 3.8) is 0 Å². The van der Waals surface area contributed by atoms with Gasteiger partial charge in [-0.25, -0.2) is 0 Å². The lowest BCUT2D eigenvalue weighted by Crippen LogP contribution is -2.48. The summed E-state index contributed by atoms with van der Waals surface area (Å²) in [4.78, 5) is 26.4. The highest BCUT2D eigenvalue weighted by Crippen LogP contribution is 2.32. The monoisotopic (exact) mass is 310 g/mol. The molecule has 2 N–H and O–H groups in total. The number of carbonyl (C=O) groups is 2. The van der Waals surface area contributed by atoms with E-state index in [1.165, 1.54) is 0 Å². The Labute approximate surface area is 133 Å². The number of likely N-dealkylation sites (tertiary alicyclic amines) is 1. The molecule has 1 aliphatic heterocycles. The fraction of sp³-hybridized carbons (Fsp3) is 0.882. The Kier molecular flexibility index (Phi) is 6.24. The number of hydrogen-bond donors (Lipinski definition) is 2. The van der Waals surface area contributed by atoms with Crippen LogP contribution >= 0.6 is 0 Å². The van der Waals surface area contributed by atoms with E-state index < -0.39 is 5.60 Å². The van der Waals surface area contributed by atoms with Crippen LogP contribution in [0.15, 0.2) is 0 Å². The van der Waals surface area contributed by atoms with Gasteiger partial charge in [-0.2, -0.15) is 0 Å². The molecular weight excluding hydrogens is 280 g/mol. The lowest BCUT2D eigenvalue weighted by molar-refractivity contribution is -0.141. The fourth-order valence-corrected chi connectivity index (χ4v) is 3.59. The maximum Gasteiger partial charge on any atom is 0.225 e. The Hall–Kier alpha value is -1.10. The summed E-state index contributed by atoms with van der Waals surface area (Å²) in [5.74, 6) is -0.0154. The van der Waals surface area contributed by atoms with Crippen LogP contribution in [0.4, 0.5) is 0 Å². The number of nitrogens with one attached hydrogen (secondary N) is 1. The normalized spacial score (nSPS) is 24.8. The molecule has 0 radical (unpaired) electrons. The maximum atomic E-state index is 12.5. The van der Waals surface area contributed by atoms with E-state index in [1.54, 1.807) is 4.90 Å². The van der Waals surface area contributed by atoms with Gasteiger partial charge >= 0.3 is 0 Å². The zero-order valence-electron chi connectivity index (χ0n) is 13.8. The molecule has 22 heavy (non-hydrogen) atoms. The van der Waals surface area contributed by atoms with Crippen LogP contribution in [0.2, 0.25) is 0 Å². The molecule has 126 valence electrons. The maximum absolute atomic E-state index is 12.5. The second kappa shape index (κ2) is 7.95. The molecule has 1 atom stereocenters. The summed E-state index contributed by atoms with van der Waals surface area (Å²) in [6.45, 7) is 3.95. The second-order valence-electron chi connectivity index (χ2n) is 6.93. The van der Waals surface area contributed by atoms with E-state index >= 15 is 0 Å². The molecule has 2 amide bonds. The minimum Gasteiger partial charge on any atom is -0.389 e. The van der Waals surface area contributed by atoms with Gasteiger partial charge in [0.2, 0.25) is 11.8 Å². The molecule has 2 rings (SSSR count). The number of aliphatic hydroxyl groups is 1. The molecule has 0 aromatic carbocycles. The number of rotatable bonds is 5. The van der Waals surface area contributed by atoms with Crippen LogP contribution in [0.25, 0.3) is 0 Å². The molecule has 0 aromatic heterocycles. The standard InChI is InChI=1S/C17H30N2O3/c1-2-10-18-16(21)14-7-6-11-19(13-14)15(20)12-17(22)8-4-3-5-9-17/h14,22H,2-13H2,1H3,(H,18,21). The summed E-state index contributed by atoms with van der Waals surface area (Å²) in [6, 6.07) is 0. The van der Waals surface area contributed by atoms with Gasteiger partial charge in [-0.05, 0) is 32.1 Å². The molecule has 0 spiro atoms. The first-order valence-electron chi connectivity index (χ1n) is 8.82. The molecule has 0 bridgehead atoms. The van der Waals surface area contributed by atoms with Crippen molar-refractivity contribution in [1.29, 1.82) is 0 Å². The molecule has 5 nitrogen and oxygen atoms in total. The first kappa shape index (κ1) is 17.3. The summed E-state index contributed by atoms with van der Waals surface area (Å²) in [6.07, 6.45) is 7.49. The van der Waals surface area contributed by atoms with Crippen molar-refractivity contribution in [1.82, 2.24) is 10.2 Å². The average molecular weight is 310 g/mol. The van der Waals surface area contributed by atoms with E-state index in [1.807, 2.05) is 6.92 Å². The van der Waals surface area contributed by atoms with E-state index in [0.29, 0.717) is 19.6 Å². The van der Waals surface area contributed by atoms with Crippen LogP contribution in [-0.4, -0.2) is 47.1 Å². The van der Waals surface area contributed by atoms with Crippen molar-refractivity contribution in [3.8, 4) is 0 Å². The van der Waals surface area contributed by atoms with Crippen LogP contribution in [0, 0.1) is 5.92 Å². The Bertz CT molecular complexity index is 391. The van der Waals surface area contributed by atoms with E-state index in [0.717, 1.165) is 51.4 Å². The SMILES string of the molecule is CCCNC(=O)C1CCCN(C(=O)CC2(O)CCCCC2)C1. The molecule has 5 heteroatoms. The number of piperidine rings is 1. The van der Waals surface area contributed by atoms with Crippen molar-refractivity contribution >= 4 is 11.8 Å². The zero-order chi connectivity index (χ0) is 16.0. The molecule has 1 aliphatic carbocycles. The third-order valence-corrected chi connectivity index (χ3v) is 4.96. The minimum absolute atomic E-state index is 0.0115. The molecule has 1 saturated heterocycles. The number of amides is 2. The van der Waals surface area contributed by atoms with Crippen LogP contribution in [0.5, 0.6) is 0 Å². The van der Waals surface area contributed by atoms with Crippen LogP contribution < -0.4 is 5.32 Å². The number of carbonyl (C=O) groups excluding carboxylic acids is 2. The zero-order valence-corrected chi connectivity index (χ0v) is 13.8. The summed E-state index contributed by atoms with van der Waals surface area (Å²) in [7, 11) is 0. The van der Waals surface area contributed by atoms with Crippen molar-refractivity contribution in [3.05, 3.63) is 0 Å². The molecule has 1 heterocycles. The van der Waals surface area contributed by atoms with E-state index in [2.05, 4.69) is 5.32 Å². The topological polar surface area (TPSA) is 69.6 Å². The third-order valence-electron chi connectivity index (χ3n) is 4.96. The van der Waals surface area contributed by atoms with Crippen molar-refractivity contribution in [2.45, 2.75) is 70.3 Å². The fourth-order valence-electron chi connectivity index (χ4n) is 3.59. The third kappa shape index (κ3) is 4.70. The van der Waals surface area contributed by atoms with E-state index in [4.69, 9.17) is 0 Å². The predicted octanol–water partition coefficient (Wildman–Crippen LogP) is 1.84. The van der Waals surface area contributed by atoms with E-state index in [9.17, 15) is 14.7 Å². The lowest BCUT2D eigenvalue weighted by Gasteiger charge is -2.36. The molecule has 1 saturated carbocycles. The first-order valence-corrected chi connectivity index (χ1v) is 8.82. The molecule has 2 fully saturated rings. The largest absolute Gasteiger partial charge is 0.389 e. The minimum atomic E-state index is -0.813. The van der Waals surface area contributed by atoms with Gasteiger partial charge in [0.05, 0.1) is 17.9 Å². The van der Waals surface area contributed by atoms with Crippen LogP contribution in [0.3, 0.4) is 0 Å². The van der Waals surface area contributed by atoms with Gasteiger partial charge in [-0.3, -0.25) is 9.59 Å². The van der Waals surface area contributed by atoms with E-state index in [-0.39, 0.29) is 24.2 Å². The van der Waals surface area contributed by atoms with Gasteiger partial charge in [-0.1, -0.05) is 26.2 Å². The van der Waals surface area contributed by atoms with Crippen molar-refractivity contribution in [2.24, 2.45) is 5.92 Å². The summed E-state index contributed by atoms with van der Waals surface area (Å²) >= 11 is 0. The highest BCUT2D eigenvalue weighted by Gasteiger charge is 2.35. The highest BCUT2D eigenvalue weighted by atomic mass is 16.3. The summed E-state index contributed by atoms with van der Waals surface area (Å²) in [5, 5.41) is 13.5. The van der Waals surface area contributed by atoms with Gasteiger partial charge in [0, 0.05) is 19.6 Å². The van der Waals surface area contributed by atoms with Gasteiger partial charge < -0.3 is 15.3 Å². The Balaban J connectivity index is 1.85. The Morgan fingerprint density at radius 1 is 1.23 bits per heavy atom. The van der Waals surface area contributed by atoms with Crippen LogP contribution in [0.1, 0.15) is 64.7 Å². The van der Waals surface area contributed by atoms with Crippen molar-refractivity contribution < 1.29 is 14.7 Å². The Morgan fingerprint density at radius 2 is 1.95 bits per heavy atom. The van der Waals surface area contributed by atoms with Crippen molar-refractivity contribution in [2.75, 3.05) is 19.6 Å². The Morgan fingerprint density at radius 3 is 2.64 bits per heavy atom. The lowest BCUT2D eigenvalue weighted by atomic mass is 9.82. The smallest absolute Gasteiger partial charge is 0.225 e. The molecule has 1 unspecified atom stereocenters. The van der Waals surface area contributed by atoms with Gasteiger partial charge in [0.1, 0.15) is 0 Å². The number of hydrogen-bond acceptors (Lipinski definition) is 3. The molecule has 2 aliphatic rings. The van der Waals surface area contributed by atoms with Gasteiger partial charge in [0.15, 0.2) is 0 Å². The number of nitrogens with zero attached hydrogens (tertiary/aromatic N) is 1. The highest BCUT2D eigenvalue weighted by molar-refractivity contribution is 5.81.